The van der Waals surface area contributed by atoms with Crippen LogP contribution >= 0.6 is 0 Å². The molecule has 3 aliphatic rings. The Morgan fingerprint density at radius 1 is 1.29 bits per heavy atom. The van der Waals surface area contributed by atoms with Gasteiger partial charge in [0.15, 0.2) is 0 Å². The third kappa shape index (κ3) is 1.48. The number of rotatable bonds is 1. The maximum atomic E-state index is 12.0. The molecule has 4 unspecified atom stereocenters. The summed E-state index contributed by atoms with van der Waals surface area (Å²) in [5.74, 6) is 1.53. The molecule has 92 valence electrons. The van der Waals surface area contributed by atoms with Crippen LogP contribution in [0, 0.1) is 17.8 Å². The molecule has 4 atom stereocenters. The van der Waals surface area contributed by atoms with Crippen LogP contribution in [-0.2, 0) is 9.59 Å². The molecule has 3 rings (SSSR count). The summed E-state index contributed by atoms with van der Waals surface area (Å²) in [6.07, 6.45) is 5.94. The first kappa shape index (κ1) is 11.0. The molecule has 1 saturated heterocycles. The van der Waals surface area contributed by atoms with Crippen molar-refractivity contribution in [1.82, 2.24) is 4.90 Å². The second kappa shape index (κ2) is 3.69. The Morgan fingerprint density at radius 3 is 2.59 bits per heavy atom. The lowest BCUT2D eigenvalue weighted by molar-refractivity contribution is -0.170. The molecule has 2 saturated carbocycles. The van der Waals surface area contributed by atoms with Gasteiger partial charge in [0, 0.05) is 5.57 Å². The molecule has 0 bridgehead atoms. The van der Waals surface area contributed by atoms with Gasteiger partial charge < -0.3 is 0 Å². The lowest BCUT2D eigenvalue weighted by Gasteiger charge is -2.51. The van der Waals surface area contributed by atoms with E-state index < -0.39 is 0 Å². The van der Waals surface area contributed by atoms with Gasteiger partial charge in [0.05, 0.1) is 12.0 Å². The smallest absolute Gasteiger partial charge is 0.255 e. The van der Waals surface area contributed by atoms with E-state index in [0.717, 1.165) is 24.7 Å². The van der Waals surface area contributed by atoms with Gasteiger partial charge in [-0.2, -0.15) is 0 Å². The summed E-state index contributed by atoms with van der Waals surface area (Å²) in [7, 11) is 0. The Bertz CT molecular complexity index is 401. The van der Waals surface area contributed by atoms with Crippen LogP contribution in [0.5, 0.6) is 0 Å². The summed E-state index contributed by atoms with van der Waals surface area (Å²) in [6.45, 7) is 5.34. The van der Waals surface area contributed by atoms with Crippen LogP contribution in [0.2, 0.25) is 0 Å². The number of hydrogen-bond acceptors (Lipinski definition) is 2. The molecule has 17 heavy (non-hydrogen) atoms. The number of amides is 2. The standard InChI is InChI=1S/C14H19NO2/c1-8(2)13(16)15-12-7-10-5-3-4-9(10)6-11(12)14(15)17/h9-12H,1,3-7H2,2H3. The first-order chi connectivity index (χ1) is 8.09. The van der Waals surface area contributed by atoms with Crippen LogP contribution in [0.1, 0.15) is 39.0 Å². The molecule has 0 aromatic heterocycles. The van der Waals surface area contributed by atoms with E-state index in [1.165, 1.54) is 24.2 Å². The molecule has 2 amide bonds. The minimum Gasteiger partial charge on any atom is -0.275 e. The zero-order chi connectivity index (χ0) is 12.2. The number of imide groups is 1. The zero-order valence-corrected chi connectivity index (χ0v) is 10.3. The first-order valence-electron chi connectivity index (χ1n) is 6.62. The van der Waals surface area contributed by atoms with Gasteiger partial charge in [-0.1, -0.05) is 25.8 Å². The van der Waals surface area contributed by atoms with Crippen molar-refractivity contribution in [2.75, 3.05) is 0 Å². The van der Waals surface area contributed by atoms with Gasteiger partial charge in [-0.05, 0) is 31.6 Å². The van der Waals surface area contributed by atoms with Crippen molar-refractivity contribution in [3.8, 4) is 0 Å². The number of carbonyl (C=O) groups excluding carboxylic acids is 2. The summed E-state index contributed by atoms with van der Waals surface area (Å²) in [4.78, 5) is 25.4. The highest BCUT2D eigenvalue weighted by Gasteiger charge is 2.55. The average Bonchev–Trinajstić information content (AvgIpc) is 2.74. The van der Waals surface area contributed by atoms with Crippen LogP contribution in [0.4, 0.5) is 0 Å². The molecule has 0 aromatic rings. The molecule has 0 aromatic carbocycles. The van der Waals surface area contributed by atoms with Crippen molar-refractivity contribution in [3.63, 3.8) is 0 Å². The number of fused-ring (bicyclic) bond motifs is 2. The fourth-order valence-electron chi connectivity index (χ4n) is 3.96. The largest absolute Gasteiger partial charge is 0.275 e. The molecule has 0 radical (unpaired) electrons. The number of β-lactam (4-membered cyclic amide) rings is 1. The zero-order valence-electron chi connectivity index (χ0n) is 10.3. The highest BCUT2D eigenvalue weighted by Crippen LogP contribution is 2.50. The van der Waals surface area contributed by atoms with Crippen molar-refractivity contribution in [2.24, 2.45) is 17.8 Å². The number of carbonyl (C=O) groups is 2. The van der Waals surface area contributed by atoms with Crippen LogP contribution in [0.15, 0.2) is 12.2 Å². The number of hydrogen-bond donors (Lipinski definition) is 0. The van der Waals surface area contributed by atoms with Crippen molar-refractivity contribution < 1.29 is 9.59 Å². The molecular weight excluding hydrogens is 214 g/mol. The molecule has 3 heteroatoms. The first-order valence-corrected chi connectivity index (χ1v) is 6.62. The molecule has 1 aliphatic heterocycles. The third-order valence-corrected chi connectivity index (χ3v) is 4.85. The van der Waals surface area contributed by atoms with E-state index in [-0.39, 0.29) is 23.8 Å². The van der Waals surface area contributed by atoms with Crippen LogP contribution in [0.25, 0.3) is 0 Å². The summed E-state index contributed by atoms with van der Waals surface area (Å²) in [5, 5.41) is 0. The predicted molar refractivity (Wildman–Crippen MR) is 64.0 cm³/mol. The second-order valence-corrected chi connectivity index (χ2v) is 5.89. The summed E-state index contributed by atoms with van der Waals surface area (Å²) in [5.41, 5.74) is 0.477. The average molecular weight is 233 g/mol. The Balaban J connectivity index is 1.77. The molecule has 0 spiro atoms. The fourth-order valence-corrected chi connectivity index (χ4v) is 3.96. The highest BCUT2D eigenvalue weighted by molar-refractivity contribution is 6.08. The summed E-state index contributed by atoms with van der Waals surface area (Å²) in [6, 6.07) is 0.186. The van der Waals surface area contributed by atoms with E-state index in [0.29, 0.717) is 5.57 Å². The maximum Gasteiger partial charge on any atom is 0.255 e. The molecule has 3 fully saturated rings. The monoisotopic (exact) mass is 233 g/mol. The van der Waals surface area contributed by atoms with E-state index in [4.69, 9.17) is 0 Å². The quantitative estimate of drug-likeness (QED) is 0.514. The predicted octanol–water partition coefficient (Wildman–Crippen LogP) is 2.13. The van der Waals surface area contributed by atoms with E-state index in [9.17, 15) is 9.59 Å². The van der Waals surface area contributed by atoms with Crippen LogP contribution < -0.4 is 0 Å². The van der Waals surface area contributed by atoms with Gasteiger partial charge in [-0.3, -0.25) is 14.5 Å². The second-order valence-electron chi connectivity index (χ2n) is 5.89. The Kier molecular flexibility index (Phi) is 2.39. The normalized spacial score (nSPS) is 39.4. The van der Waals surface area contributed by atoms with Crippen LogP contribution in [0.3, 0.4) is 0 Å². The lowest BCUT2D eigenvalue weighted by Crippen LogP contribution is -2.65. The minimum atomic E-state index is -0.160. The van der Waals surface area contributed by atoms with Crippen molar-refractivity contribution >= 4 is 11.8 Å². The molecule has 3 nitrogen and oxygen atoms in total. The molecule has 2 aliphatic carbocycles. The minimum absolute atomic E-state index is 0.0494. The maximum absolute atomic E-state index is 12.0. The fraction of sp³-hybridized carbons (Fsp3) is 0.714. The van der Waals surface area contributed by atoms with Gasteiger partial charge in [-0.15, -0.1) is 0 Å². The molecular formula is C14H19NO2. The SMILES string of the molecule is C=C(C)C(=O)N1C(=O)C2CC3CCCC3CC21. The number of nitrogens with zero attached hydrogens (tertiary/aromatic N) is 1. The lowest BCUT2D eigenvalue weighted by atomic mass is 9.67. The Hall–Kier alpha value is -1.12. The Morgan fingerprint density at radius 2 is 1.94 bits per heavy atom. The van der Waals surface area contributed by atoms with E-state index >= 15 is 0 Å². The third-order valence-electron chi connectivity index (χ3n) is 4.85. The molecule has 0 N–H and O–H groups in total. The Labute approximate surface area is 102 Å². The van der Waals surface area contributed by atoms with E-state index in [1.807, 2.05) is 0 Å². The summed E-state index contributed by atoms with van der Waals surface area (Å²) >= 11 is 0. The highest BCUT2D eigenvalue weighted by atomic mass is 16.2. The van der Waals surface area contributed by atoms with Gasteiger partial charge in [0.2, 0.25) is 5.91 Å². The molecule has 1 heterocycles. The summed E-state index contributed by atoms with van der Waals surface area (Å²) < 4.78 is 0. The van der Waals surface area contributed by atoms with Crippen LogP contribution in [-0.4, -0.2) is 22.8 Å². The van der Waals surface area contributed by atoms with Crippen molar-refractivity contribution in [3.05, 3.63) is 12.2 Å². The topological polar surface area (TPSA) is 37.4 Å². The van der Waals surface area contributed by atoms with Gasteiger partial charge in [0.25, 0.3) is 5.91 Å². The van der Waals surface area contributed by atoms with E-state index in [1.54, 1.807) is 6.92 Å². The van der Waals surface area contributed by atoms with Crippen molar-refractivity contribution in [1.29, 1.82) is 0 Å². The number of likely N-dealkylation sites (tertiary alicyclic amines) is 1. The van der Waals surface area contributed by atoms with Gasteiger partial charge >= 0.3 is 0 Å². The van der Waals surface area contributed by atoms with Gasteiger partial charge in [-0.25, -0.2) is 0 Å². The van der Waals surface area contributed by atoms with E-state index in [2.05, 4.69) is 6.58 Å². The van der Waals surface area contributed by atoms with Gasteiger partial charge in [0.1, 0.15) is 0 Å². The van der Waals surface area contributed by atoms with Crippen molar-refractivity contribution in [2.45, 2.75) is 45.1 Å².